The second-order valence-corrected chi connectivity index (χ2v) is 6.61. The molecule has 7 heteroatoms. The van der Waals surface area contributed by atoms with Crippen LogP contribution in [-0.2, 0) is 19.0 Å². The Bertz CT molecular complexity index is 1040. The molecule has 0 bridgehead atoms. The van der Waals surface area contributed by atoms with Crippen LogP contribution in [0.15, 0.2) is 32.4 Å². The molecule has 0 atom stereocenters. The molecule has 0 saturated heterocycles. The number of hydrogen-bond acceptors (Lipinski definition) is 4. The first-order chi connectivity index (χ1) is 10.8. The molecule has 3 aromatic rings. The summed E-state index contributed by atoms with van der Waals surface area (Å²) in [7, 11) is 1.60. The van der Waals surface area contributed by atoms with Crippen LogP contribution in [0, 0.1) is 0 Å². The zero-order valence-corrected chi connectivity index (χ0v) is 14.0. The molecule has 3 heterocycles. The minimum atomic E-state index is -0.391. The molecule has 0 spiro atoms. The summed E-state index contributed by atoms with van der Waals surface area (Å²) >= 11 is 0. The smallest absolute Gasteiger partial charge is 0.332 e. The Balaban J connectivity index is 2.42. The third-order valence-corrected chi connectivity index (χ3v) is 3.85. The van der Waals surface area contributed by atoms with Crippen LogP contribution >= 0.6 is 0 Å². The van der Waals surface area contributed by atoms with Crippen LogP contribution in [-0.4, -0.2) is 18.5 Å². The van der Waals surface area contributed by atoms with E-state index < -0.39 is 5.69 Å². The summed E-state index contributed by atoms with van der Waals surface area (Å²) in [6.45, 7) is 8.14. The second kappa shape index (κ2) is 4.97. The molecular formula is C16H20N4O3. The number of aryl methyl sites for hydroxylation is 1. The molecular weight excluding hydrogens is 296 g/mol. The predicted molar refractivity (Wildman–Crippen MR) is 88.0 cm³/mol. The van der Waals surface area contributed by atoms with Crippen LogP contribution in [0.5, 0.6) is 0 Å². The van der Waals surface area contributed by atoms with E-state index in [-0.39, 0.29) is 17.5 Å². The molecule has 0 unspecified atom stereocenters. The fraction of sp³-hybridized carbons (Fsp3) is 0.438. The zero-order chi connectivity index (χ0) is 16.9. The van der Waals surface area contributed by atoms with Crippen molar-refractivity contribution in [2.24, 2.45) is 7.05 Å². The zero-order valence-electron chi connectivity index (χ0n) is 14.0. The number of hydrogen-bond donors (Lipinski definition) is 0. The number of imidazole rings is 1. The highest BCUT2D eigenvalue weighted by atomic mass is 16.4. The van der Waals surface area contributed by atoms with Gasteiger partial charge in [0.05, 0.1) is 6.20 Å². The molecule has 122 valence electrons. The minimum absolute atomic E-state index is 0.197. The van der Waals surface area contributed by atoms with Gasteiger partial charge in [0.25, 0.3) is 5.56 Å². The van der Waals surface area contributed by atoms with Crippen LogP contribution < -0.4 is 11.2 Å². The first-order valence-electron chi connectivity index (χ1n) is 7.48. The van der Waals surface area contributed by atoms with Gasteiger partial charge in [-0.3, -0.25) is 18.3 Å². The maximum Gasteiger partial charge on any atom is 0.332 e. The first-order valence-corrected chi connectivity index (χ1v) is 7.48. The van der Waals surface area contributed by atoms with Crippen LogP contribution in [0.4, 0.5) is 0 Å². The van der Waals surface area contributed by atoms with Crippen LogP contribution in [0.25, 0.3) is 17.0 Å². The Hall–Kier alpha value is -2.57. The van der Waals surface area contributed by atoms with Crippen molar-refractivity contribution in [3.8, 4) is 0 Å². The van der Waals surface area contributed by atoms with Crippen molar-refractivity contribution < 1.29 is 4.42 Å². The Labute approximate surface area is 132 Å². The summed E-state index contributed by atoms with van der Waals surface area (Å²) < 4.78 is 9.96. The van der Waals surface area contributed by atoms with Gasteiger partial charge in [-0.2, -0.15) is 4.98 Å². The fourth-order valence-corrected chi connectivity index (χ4v) is 2.47. The lowest BCUT2D eigenvalue weighted by molar-refractivity contribution is 0.425. The molecule has 0 fully saturated rings. The fourth-order valence-electron chi connectivity index (χ4n) is 2.47. The van der Waals surface area contributed by atoms with Gasteiger partial charge in [0.15, 0.2) is 11.2 Å². The molecule has 0 aliphatic carbocycles. The quantitative estimate of drug-likeness (QED) is 0.676. The van der Waals surface area contributed by atoms with Crippen molar-refractivity contribution >= 4 is 17.0 Å². The van der Waals surface area contributed by atoms with E-state index >= 15 is 0 Å². The highest BCUT2D eigenvalue weighted by molar-refractivity contribution is 5.74. The molecule has 0 N–H and O–H groups in total. The second-order valence-electron chi connectivity index (χ2n) is 6.61. The number of fused-ring (bicyclic) bond motifs is 3. The molecule has 0 amide bonds. The van der Waals surface area contributed by atoms with Gasteiger partial charge < -0.3 is 4.42 Å². The Morgan fingerprint density at radius 1 is 1.30 bits per heavy atom. The number of nitrogens with zero attached hydrogens (tertiary/aromatic N) is 4. The Morgan fingerprint density at radius 2 is 2.00 bits per heavy atom. The lowest BCUT2D eigenvalue weighted by Gasteiger charge is -2.13. The summed E-state index contributed by atoms with van der Waals surface area (Å²) in [5.74, 6) is 1.05. The molecule has 0 aliphatic heterocycles. The van der Waals surface area contributed by atoms with Gasteiger partial charge in [0.1, 0.15) is 5.76 Å². The van der Waals surface area contributed by atoms with E-state index in [2.05, 4.69) is 4.98 Å². The minimum Gasteiger partial charge on any atom is -0.428 e. The van der Waals surface area contributed by atoms with Gasteiger partial charge in [0, 0.05) is 19.0 Å². The van der Waals surface area contributed by atoms with E-state index in [4.69, 9.17) is 4.42 Å². The highest BCUT2D eigenvalue weighted by Crippen LogP contribution is 2.26. The molecule has 7 nitrogen and oxygen atoms in total. The van der Waals surface area contributed by atoms with Gasteiger partial charge >= 0.3 is 11.5 Å². The van der Waals surface area contributed by atoms with Gasteiger partial charge in [-0.05, 0) is 6.92 Å². The summed E-state index contributed by atoms with van der Waals surface area (Å²) in [6, 6.07) is 0. The van der Waals surface area contributed by atoms with Crippen LogP contribution in [0.3, 0.4) is 0 Å². The summed E-state index contributed by atoms with van der Waals surface area (Å²) in [4.78, 5) is 29.4. The van der Waals surface area contributed by atoms with E-state index in [1.807, 2.05) is 27.7 Å². The standard InChI is InChI=1S/C16H20N4O3/c1-6-7-8-19-13(21)11-12(18(5)15(19)22)17-14-20(11)9-10(23-14)16(2,3)4/h6-7,9H,8H2,1-5H3. The van der Waals surface area contributed by atoms with Crippen LogP contribution in [0.1, 0.15) is 33.5 Å². The normalized spacial score (nSPS) is 12.9. The van der Waals surface area contributed by atoms with E-state index in [1.54, 1.807) is 29.8 Å². The van der Waals surface area contributed by atoms with Crippen molar-refractivity contribution in [3.05, 3.63) is 44.9 Å². The number of aromatic nitrogens is 4. The molecule has 0 aliphatic rings. The van der Waals surface area contributed by atoms with E-state index in [1.165, 1.54) is 9.13 Å². The molecule has 23 heavy (non-hydrogen) atoms. The van der Waals surface area contributed by atoms with Crippen molar-refractivity contribution in [2.45, 2.75) is 39.7 Å². The lowest BCUT2D eigenvalue weighted by Crippen LogP contribution is -2.39. The average molecular weight is 316 g/mol. The van der Waals surface area contributed by atoms with Gasteiger partial charge in [0.2, 0.25) is 0 Å². The van der Waals surface area contributed by atoms with Gasteiger partial charge in [-0.25, -0.2) is 4.79 Å². The van der Waals surface area contributed by atoms with E-state index in [9.17, 15) is 9.59 Å². The van der Waals surface area contributed by atoms with Crippen LogP contribution in [0.2, 0.25) is 0 Å². The molecule has 0 radical (unpaired) electrons. The maximum atomic E-state index is 12.8. The first kappa shape index (κ1) is 15.3. The average Bonchev–Trinajstić information content (AvgIpc) is 3.02. The monoisotopic (exact) mass is 316 g/mol. The van der Waals surface area contributed by atoms with E-state index in [0.717, 1.165) is 5.76 Å². The summed E-state index contributed by atoms with van der Waals surface area (Å²) in [6.07, 6.45) is 5.34. The maximum absolute atomic E-state index is 12.8. The van der Waals surface area contributed by atoms with Crippen molar-refractivity contribution in [3.63, 3.8) is 0 Å². The van der Waals surface area contributed by atoms with Gasteiger partial charge in [-0.1, -0.05) is 32.9 Å². The largest absolute Gasteiger partial charge is 0.428 e. The summed E-state index contributed by atoms with van der Waals surface area (Å²) in [5, 5.41) is 0. The van der Waals surface area contributed by atoms with Crippen molar-refractivity contribution in [1.29, 1.82) is 0 Å². The SMILES string of the molecule is CC=CCn1c(=O)c2c(nc3oc(C(C)(C)C)cn32)n(C)c1=O. The van der Waals surface area contributed by atoms with Gasteiger partial charge in [-0.15, -0.1) is 0 Å². The summed E-state index contributed by atoms with van der Waals surface area (Å²) in [5.41, 5.74) is -0.272. The molecule has 3 aromatic heterocycles. The van der Waals surface area contributed by atoms with E-state index in [0.29, 0.717) is 17.0 Å². The number of oxazole rings is 1. The predicted octanol–water partition coefficient (Wildman–Crippen LogP) is 1.81. The number of rotatable bonds is 2. The third kappa shape index (κ3) is 2.23. The lowest BCUT2D eigenvalue weighted by atomic mass is 9.94. The molecule has 3 rings (SSSR count). The Morgan fingerprint density at radius 3 is 2.61 bits per heavy atom. The molecule has 0 aromatic carbocycles. The topological polar surface area (TPSA) is 74.4 Å². The third-order valence-electron chi connectivity index (χ3n) is 3.85. The Kier molecular flexibility index (Phi) is 3.31. The van der Waals surface area contributed by atoms with Crippen molar-refractivity contribution in [2.75, 3.05) is 0 Å². The number of allylic oxidation sites excluding steroid dienone is 2. The van der Waals surface area contributed by atoms with Crippen molar-refractivity contribution in [1.82, 2.24) is 18.5 Å². The molecule has 0 saturated carbocycles. The highest BCUT2D eigenvalue weighted by Gasteiger charge is 2.23.